The molecule has 2 aromatic rings. The predicted octanol–water partition coefficient (Wildman–Crippen LogP) is 6.99. The first kappa shape index (κ1) is 27.3. The van der Waals surface area contributed by atoms with E-state index in [4.69, 9.17) is 11.6 Å². The van der Waals surface area contributed by atoms with Crippen LogP contribution in [0.4, 0.5) is 0 Å². The molecule has 0 amide bonds. The van der Waals surface area contributed by atoms with Gasteiger partial charge in [0.25, 0.3) is 0 Å². The van der Waals surface area contributed by atoms with Gasteiger partial charge >= 0.3 is 0 Å². The summed E-state index contributed by atoms with van der Waals surface area (Å²) in [5.74, 6) is 0. The summed E-state index contributed by atoms with van der Waals surface area (Å²) in [6.07, 6.45) is 12.2. The van der Waals surface area contributed by atoms with Gasteiger partial charge in [0.15, 0.2) is 0 Å². The van der Waals surface area contributed by atoms with E-state index in [0.717, 1.165) is 34.8 Å². The Kier molecular flexibility index (Phi) is 12.8. The summed E-state index contributed by atoms with van der Waals surface area (Å²) < 4.78 is 28.1. The van der Waals surface area contributed by atoms with Crippen molar-refractivity contribution in [3.63, 3.8) is 0 Å². The summed E-state index contributed by atoms with van der Waals surface area (Å²) in [5, 5.41) is 12.0. The van der Waals surface area contributed by atoms with Crippen LogP contribution in [0.5, 0.6) is 0 Å². The molecule has 0 saturated heterocycles. The van der Waals surface area contributed by atoms with Gasteiger partial charge in [0, 0.05) is 23.0 Å². The second-order valence-electron chi connectivity index (χ2n) is 8.25. The van der Waals surface area contributed by atoms with Gasteiger partial charge < -0.3 is 5.21 Å². The third-order valence-corrected chi connectivity index (χ3v) is 8.57. The maximum Gasteiger partial charge on any atom is 0.250 e. The summed E-state index contributed by atoms with van der Waals surface area (Å²) in [4.78, 5) is 0.786. The number of rotatable bonds is 17. The van der Waals surface area contributed by atoms with Crippen molar-refractivity contribution in [1.29, 1.82) is 0 Å². The summed E-state index contributed by atoms with van der Waals surface area (Å²) in [5.41, 5.74) is 0.891. The third kappa shape index (κ3) is 10.8. The van der Waals surface area contributed by atoms with Crippen LogP contribution in [0.2, 0.25) is 5.02 Å². The van der Waals surface area contributed by atoms with E-state index in [9.17, 15) is 13.6 Å². The normalized spacial score (nSPS) is 12.0. The number of benzene rings is 1. The monoisotopic (exact) mass is 500 g/mol. The number of thiophene rings is 1. The summed E-state index contributed by atoms with van der Waals surface area (Å²) in [6, 6.07) is 10.7. The van der Waals surface area contributed by atoms with Crippen LogP contribution in [0, 0.1) is 0 Å². The van der Waals surface area contributed by atoms with Crippen molar-refractivity contribution in [3.05, 3.63) is 51.9 Å². The number of hydroxylamine groups is 2. The molecule has 1 heterocycles. The fraction of sp³-hybridized carbons (Fsp3) is 0.583. The molecule has 0 bridgehead atoms. The molecule has 0 radical (unpaired) electrons. The quantitative estimate of drug-likeness (QED) is 0.181. The molecule has 0 atom stereocenters. The van der Waals surface area contributed by atoms with E-state index in [2.05, 4.69) is 11.6 Å². The van der Waals surface area contributed by atoms with Crippen LogP contribution in [0.3, 0.4) is 0 Å². The lowest BCUT2D eigenvalue weighted by Crippen LogP contribution is -2.24. The SMILES string of the molecule is CCCCCCCCCCCCNS(=O)(=O)c1ccc(CN(O)Cc2cccc(Cl)c2)s1. The molecular formula is C24H37ClN2O3S2. The largest absolute Gasteiger partial charge is 0.313 e. The van der Waals surface area contributed by atoms with Crippen molar-refractivity contribution in [3.8, 4) is 0 Å². The van der Waals surface area contributed by atoms with Gasteiger partial charge in [-0.15, -0.1) is 11.3 Å². The molecule has 32 heavy (non-hydrogen) atoms. The maximum atomic E-state index is 12.5. The van der Waals surface area contributed by atoms with Crippen LogP contribution in [0.25, 0.3) is 0 Å². The fourth-order valence-electron chi connectivity index (χ4n) is 3.56. The Morgan fingerprint density at radius 2 is 1.59 bits per heavy atom. The van der Waals surface area contributed by atoms with Crippen LogP contribution in [0.1, 0.15) is 81.6 Å². The van der Waals surface area contributed by atoms with Gasteiger partial charge in [-0.05, 0) is 36.2 Å². The van der Waals surface area contributed by atoms with E-state index < -0.39 is 10.0 Å². The van der Waals surface area contributed by atoms with Crippen molar-refractivity contribution >= 4 is 33.0 Å². The second-order valence-corrected chi connectivity index (χ2v) is 11.9. The van der Waals surface area contributed by atoms with Crippen molar-refractivity contribution < 1.29 is 13.6 Å². The minimum absolute atomic E-state index is 0.255. The van der Waals surface area contributed by atoms with Gasteiger partial charge in [-0.1, -0.05) is 88.4 Å². The number of unbranched alkanes of at least 4 members (excludes halogenated alkanes) is 9. The minimum Gasteiger partial charge on any atom is -0.313 e. The molecule has 2 N–H and O–H groups in total. The highest BCUT2D eigenvalue weighted by molar-refractivity contribution is 7.91. The summed E-state index contributed by atoms with van der Waals surface area (Å²) >= 11 is 7.16. The third-order valence-electron chi connectivity index (χ3n) is 5.32. The van der Waals surface area contributed by atoms with Gasteiger partial charge in [-0.3, -0.25) is 0 Å². The summed E-state index contributed by atoms with van der Waals surface area (Å²) in [6.45, 7) is 3.27. The Morgan fingerprint density at radius 1 is 0.938 bits per heavy atom. The smallest absolute Gasteiger partial charge is 0.250 e. The number of sulfonamides is 1. The minimum atomic E-state index is -3.50. The molecule has 0 aliphatic heterocycles. The highest BCUT2D eigenvalue weighted by atomic mass is 35.5. The average Bonchev–Trinajstić information content (AvgIpc) is 3.21. The van der Waals surface area contributed by atoms with Crippen LogP contribution in [-0.4, -0.2) is 25.2 Å². The molecule has 0 aliphatic rings. The van der Waals surface area contributed by atoms with E-state index in [1.165, 1.54) is 56.3 Å². The Balaban J connectivity index is 1.64. The van der Waals surface area contributed by atoms with Crippen molar-refractivity contribution in [2.24, 2.45) is 0 Å². The first-order valence-corrected chi connectivity index (χ1v) is 14.3. The number of halogens is 1. The van der Waals surface area contributed by atoms with Gasteiger partial charge in [0.05, 0.1) is 6.54 Å². The molecule has 1 aromatic heterocycles. The highest BCUT2D eigenvalue weighted by Gasteiger charge is 2.17. The average molecular weight is 501 g/mol. The van der Waals surface area contributed by atoms with Gasteiger partial charge in [-0.25, -0.2) is 13.1 Å². The van der Waals surface area contributed by atoms with Crippen LogP contribution >= 0.6 is 22.9 Å². The van der Waals surface area contributed by atoms with Crippen LogP contribution < -0.4 is 4.72 Å². The lowest BCUT2D eigenvalue weighted by Gasteiger charge is -2.13. The molecule has 8 heteroatoms. The Hall–Kier alpha value is -0.960. The lowest BCUT2D eigenvalue weighted by molar-refractivity contribution is -0.107. The molecule has 1 aromatic carbocycles. The first-order valence-electron chi connectivity index (χ1n) is 11.7. The maximum absolute atomic E-state index is 12.5. The zero-order valence-corrected chi connectivity index (χ0v) is 21.5. The highest BCUT2D eigenvalue weighted by Crippen LogP contribution is 2.23. The number of hydrogen-bond donors (Lipinski definition) is 2. The standard InChI is InChI=1S/C24H37ClN2O3S2/c1-2-3-4-5-6-7-8-9-10-11-17-26-32(29,30)24-16-15-23(31-24)20-27(28)19-21-13-12-14-22(25)18-21/h12-16,18,26,28H,2-11,17,19-20H2,1H3. The van der Waals surface area contributed by atoms with Gasteiger partial charge in [0.2, 0.25) is 10.0 Å². The molecule has 0 aliphatic carbocycles. The predicted molar refractivity (Wildman–Crippen MR) is 134 cm³/mol. The van der Waals surface area contributed by atoms with Gasteiger partial charge in [-0.2, -0.15) is 5.06 Å². The van der Waals surface area contributed by atoms with Crippen molar-refractivity contribution in [2.75, 3.05) is 6.54 Å². The number of nitrogens with zero attached hydrogens (tertiary/aromatic N) is 1. The van der Waals surface area contributed by atoms with E-state index in [1.807, 2.05) is 12.1 Å². The zero-order chi connectivity index (χ0) is 23.2. The van der Waals surface area contributed by atoms with Crippen molar-refractivity contribution in [2.45, 2.75) is 88.4 Å². The van der Waals surface area contributed by atoms with Crippen LogP contribution in [-0.2, 0) is 23.1 Å². The fourth-order valence-corrected chi connectivity index (χ4v) is 6.26. The van der Waals surface area contributed by atoms with Crippen LogP contribution in [0.15, 0.2) is 40.6 Å². The number of nitrogens with one attached hydrogen (secondary N) is 1. The molecular weight excluding hydrogens is 464 g/mol. The zero-order valence-electron chi connectivity index (χ0n) is 19.1. The molecule has 0 saturated carbocycles. The van der Waals surface area contributed by atoms with Crippen molar-refractivity contribution in [1.82, 2.24) is 9.79 Å². The Labute approximate surface area is 202 Å². The Bertz CT molecular complexity index is 887. The topological polar surface area (TPSA) is 69.6 Å². The first-order chi connectivity index (χ1) is 15.4. The molecule has 0 unspecified atom stereocenters. The number of hydrogen-bond acceptors (Lipinski definition) is 5. The molecule has 180 valence electrons. The lowest BCUT2D eigenvalue weighted by atomic mass is 10.1. The van der Waals surface area contributed by atoms with E-state index in [-0.39, 0.29) is 10.8 Å². The molecule has 0 fully saturated rings. The van der Waals surface area contributed by atoms with E-state index >= 15 is 0 Å². The van der Waals surface area contributed by atoms with E-state index in [1.54, 1.807) is 24.3 Å². The summed E-state index contributed by atoms with van der Waals surface area (Å²) in [7, 11) is -3.50. The molecule has 2 rings (SSSR count). The van der Waals surface area contributed by atoms with E-state index in [0.29, 0.717) is 18.1 Å². The molecule has 0 spiro atoms. The van der Waals surface area contributed by atoms with Gasteiger partial charge in [0.1, 0.15) is 4.21 Å². The molecule has 5 nitrogen and oxygen atoms in total. The second kappa shape index (κ2) is 15.0. The Morgan fingerprint density at radius 3 is 2.25 bits per heavy atom.